The summed E-state index contributed by atoms with van der Waals surface area (Å²) in [6.45, 7) is 4.22. The summed E-state index contributed by atoms with van der Waals surface area (Å²) in [5.74, 6) is -0.509. The van der Waals surface area contributed by atoms with E-state index in [9.17, 15) is 9.90 Å². The summed E-state index contributed by atoms with van der Waals surface area (Å²) in [6, 6.07) is 16.2. The molecule has 0 aliphatic rings. The third-order valence-corrected chi connectivity index (χ3v) is 5.45. The maximum absolute atomic E-state index is 11.5. The first-order valence-electron chi connectivity index (χ1n) is 10.9. The zero-order valence-corrected chi connectivity index (χ0v) is 17.8. The van der Waals surface area contributed by atoms with Gasteiger partial charge in [-0.25, -0.2) is 9.97 Å². The quantitative estimate of drug-likeness (QED) is 0.393. The number of aromatic nitrogens is 2. The van der Waals surface area contributed by atoms with Crippen molar-refractivity contribution in [1.29, 1.82) is 0 Å². The highest BCUT2D eigenvalue weighted by molar-refractivity contribution is 5.76. The minimum Gasteiger partial charge on any atom is -0.481 e. The predicted octanol–water partition coefficient (Wildman–Crippen LogP) is 6.51. The summed E-state index contributed by atoms with van der Waals surface area (Å²) >= 11 is 0. The van der Waals surface area contributed by atoms with Crippen LogP contribution in [0.2, 0.25) is 0 Å². The third-order valence-electron chi connectivity index (χ3n) is 5.45. The normalized spacial score (nSPS) is 11.9. The summed E-state index contributed by atoms with van der Waals surface area (Å²) in [6.07, 6.45) is 9.98. The molecule has 30 heavy (non-hydrogen) atoms. The van der Waals surface area contributed by atoms with Crippen LogP contribution in [0.4, 0.5) is 0 Å². The molecule has 0 saturated carbocycles. The second-order valence-corrected chi connectivity index (χ2v) is 7.75. The number of nitrogens with zero attached hydrogens (tertiary/aromatic N) is 2. The minimum atomic E-state index is -0.770. The Hall–Kier alpha value is -3.01. The van der Waals surface area contributed by atoms with E-state index in [4.69, 9.17) is 0 Å². The van der Waals surface area contributed by atoms with E-state index in [1.54, 1.807) is 0 Å². The molecular formula is C26H30N2O2. The van der Waals surface area contributed by atoms with Crippen LogP contribution in [-0.2, 0) is 11.2 Å². The number of hydrogen-bond acceptors (Lipinski definition) is 3. The van der Waals surface area contributed by atoms with Crippen molar-refractivity contribution in [2.75, 3.05) is 0 Å². The topological polar surface area (TPSA) is 63.1 Å². The highest BCUT2D eigenvalue weighted by atomic mass is 16.4. The molecule has 1 aromatic heterocycles. The molecule has 156 valence electrons. The van der Waals surface area contributed by atoms with Crippen molar-refractivity contribution < 1.29 is 9.90 Å². The minimum absolute atomic E-state index is 0.451. The number of carboxylic acid groups (broad SMARTS) is 1. The van der Waals surface area contributed by atoms with Crippen LogP contribution in [0.1, 0.15) is 63.0 Å². The summed E-state index contributed by atoms with van der Waals surface area (Å²) in [5.41, 5.74) is 5.11. The van der Waals surface area contributed by atoms with Crippen molar-refractivity contribution in [2.24, 2.45) is 0 Å². The van der Waals surface area contributed by atoms with Crippen LogP contribution in [0, 0.1) is 0 Å². The van der Waals surface area contributed by atoms with E-state index in [2.05, 4.69) is 41.2 Å². The zero-order chi connectivity index (χ0) is 21.3. The fourth-order valence-corrected chi connectivity index (χ4v) is 3.66. The molecule has 0 bridgehead atoms. The number of unbranched alkanes of at least 4 members (excludes halogenated alkanes) is 2. The number of hydrogen-bond donors (Lipinski definition) is 1. The molecule has 0 saturated heterocycles. The summed E-state index contributed by atoms with van der Waals surface area (Å²) in [7, 11) is 0. The lowest BCUT2D eigenvalue weighted by molar-refractivity contribution is -0.139. The molecule has 0 aliphatic heterocycles. The second-order valence-electron chi connectivity index (χ2n) is 7.75. The number of aliphatic carboxylic acids is 1. The van der Waals surface area contributed by atoms with Gasteiger partial charge in [-0.2, -0.15) is 0 Å². The molecule has 4 heteroatoms. The van der Waals surface area contributed by atoms with Crippen LogP contribution in [-0.4, -0.2) is 21.0 Å². The van der Waals surface area contributed by atoms with Crippen molar-refractivity contribution >= 4 is 5.97 Å². The Morgan fingerprint density at radius 1 is 0.833 bits per heavy atom. The predicted molar refractivity (Wildman–Crippen MR) is 121 cm³/mol. The number of carboxylic acids is 1. The molecule has 1 heterocycles. The van der Waals surface area contributed by atoms with Gasteiger partial charge in [0.2, 0.25) is 0 Å². The molecular weight excluding hydrogens is 372 g/mol. The molecule has 0 spiro atoms. The first-order chi connectivity index (χ1) is 14.6. The van der Waals surface area contributed by atoms with Crippen LogP contribution >= 0.6 is 0 Å². The Morgan fingerprint density at radius 2 is 1.47 bits per heavy atom. The van der Waals surface area contributed by atoms with Crippen LogP contribution < -0.4 is 0 Å². The lowest BCUT2D eigenvalue weighted by Gasteiger charge is -2.12. The Kier molecular flexibility index (Phi) is 7.72. The number of rotatable bonds is 10. The smallest absolute Gasteiger partial charge is 0.310 e. The average Bonchev–Trinajstić information content (AvgIpc) is 2.78. The van der Waals surface area contributed by atoms with E-state index in [1.165, 1.54) is 24.8 Å². The fourth-order valence-electron chi connectivity index (χ4n) is 3.66. The van der Waals surface area contributed by atoms with Gasteiger partial charge in [0.05, 0.1) is 5.92 Å². The molecule has 0 radical (unpaired) electrons. The summed E-state index contributed by atoms with van der Waals surface area (Å²) in [4.78, 5) is 20.6. The highest BCUT2D eigenvalue weighted by Crippen LogP contribution is 2.26. The number of carbonyl (C=O) groups is 1. The lowest BCUT2D eigenvalue weighted by atomic mass is 9.93. The molecule has 1 atom stereocenters. The molecule has 4 nitrogen and oxygen atoms in total. The number of benzene rings is 2. The first-order valence-corrected chi connectivity index (χ1v) is 10.9. The standard InChI is InChI=1S/C26H30N2O2/c1-3-5-6-8-19-9-11-22(12-10-19)25-27-17-23(18-28-25)20-13-15-21(16-14-20)24(7-4-2)26(29)30/h9-18,24H,3-8H2,1-2H3,(H,29,30). The molecule has 3 rings (SSSR count). The van der Waals surface area contributed by atoms with Crippen LogP contribution in [0.25, 0.3) is 22.5 Å². The van der Waals surface area contributed by atoms with Gasteiger partial charge in [-0.1, -0.05) is 81.6 Å². The van der Waals surface area contributed by atoms with Gasteiger partial charge < -0.3 is 5.11 Å². The fraction of sp³-hybridized carbons (Fsp3) is 0.346. The van der Waals surface area contributed by atoms with Crippen molar-refractivity contribution in [3.05, 3.63) is 72.1 Å². The monoisotopic (exact) mass is 402 g/mol. The third kappa shape index (κ3) is 5.53. The van der Waals surface area contributed by atoms with Gasteiger partial charge in [0, 0.05) is 23.5 Å². The Balaban J connectivity index is 1.70. The van der Waals surface area contributed by atoms with Crippen molar-refractivity contribution in [1.82, 2.24) is 9.97 Å². The molecule has 0 amide bonds. The summed E-state index contributed by atoms with van der Waals surface area (Å²) < 4.78 is 0. The Labute approximate surface area is 179 Å². The van der Waals surface area contributed by atoms with Gasteiger partial charge in [0.1, 0.15) is 0 Å². The second kappa shape index (κ2) is 10.7. The molecule has 2 aromatic carbocycles. The molecule has 1 N–H and O–H groups in total. The van der Waals surface area contributed by atoms with Crippen LogP contribution in [0.5, 0.6) is 0 Å². The highest BCUT2D eigenvalue weighted by Gasteiger charge is 2.18. The van der Waals surface area contributed by atoms with E-state index < -0.39 is 11.9 Å². The van der Waals surface area contributed by atoms with Gasteiger partial charge >= 0.3 is 5.97 Å². The van der Waals surface area contributed by atoms with Gasteiger partial charge in [0.25, 0.3) is 0 Å². The van der Waals surface area contributed by atoms with Crippen LogP contribution in [0.15, 0.2) is 60.9 Å². The largest absolute Gasteiger partial charge is 0.481 e. The molecule has 1 unspecified atom stereocenters. The summed E-state index contributed by atoms with van der Waals surface area (Å²) in [5, 5.41) is 9.43. The van der Waals surface area contributed by atoms with Gasteiger partial charge in [0.15, 0.2) is 5.82 Å². The molecule has 0 aliphatic carbocycles. The van der Waals surface area contributed by atoms with E-state index >= 15 is 0 Å². The van der Waals surface area contributed by atoms with Crippen molar-refractivity contribution in [2.45, 2.75) is 58.3 Å². The van der Waals surface area contributed by atoms with Crippen LogP contribution in [0.3, 0.4) is 0 Å². The maximum atomic E-state index is 11.5. The zero-order valence-electron chi connectivity index (χ0n) is 17.8. The first kappa shape index (κ1) is 21.7. The Morgan fingerprint density at radius 3 is 2.03 bits per heavy atom. The van der Waals surface area contributed by atoms with E-state index in [0.717, 1.165) is 35.1 Å². The Bertz CT molecular complexity index is 932. The van der Waals surface area contributed by atoms with Crippen molar-refractivity contribution in [3.63, 3.8) is 0 Å². The van der Waals surface area contributed by atoms with E-state index in [1.807, 2.05) is 43.6 Å². The van der Waals surface area contributed by atoms with Gasteiger partial charge in [-0.15, -0.1) is 0 Å². The molecule has 3 aromatic rings. The SMILES string of the molecule is CCCCCc1ccc(-c2ncc(-c3ccc(C(CCC)C(=O)O)cc3)cn2)cc1. The van der Waals surface area contributed by atoms with Gasteiger partial charge in [-0.05, 0) is 36.0 Å². The van der Waals surface area contributed by atoms with E-state index in [-0.39, 0.29) is 0 Å². The average molecular weight is 403 g/mol. The van der Waals surface area contributed by atoms with E-state index in [0.29, 0.717) is 12.2 Å². The van der Waals surface area contributed by atoms with Crippen molar-refractivity contribution in [3.8, 4) is 22.5 Å². The maximum Gasteiger partial charge on any atom is 0.310 e. The molecule has 0 fully saturated rings. The lowest BCUT2D eigenvalue weighted by Crippen LogP contribution is -2.11. The number of aryl methyl sites for hydroxylation is 1. The van der Waals surface area contributed by atoms with Gasteiger partial charge in [-0.3, -0.25) is 4.79 Å².